The molecule has 2 nitrogen and oxygen atoms in total. The Labute approximate surface area is 71.8 Å². The quantitative estimate of drug-likeness (QED) is 0.604. The molecule has 0 aliphatic heterocycles. The lowest BCUT2D eigenvalue weighted by Crippen LogP contribution is -2.01. The molecule has 1 rings (SSSR count). The molecule has 0 aliphatic rings. The Morgan fingerprint density at radius 2 is 2.30 bits per heavy atom. The molecule has 1 aromatic rings. The summed E-state index contributed by atoms with van der Waals surface area (Å²) in [5, 5.41) is 0. The van der Waals surface area contributed by atoms with E-state index in [1.807, 2.05) is 22.6 Å². The smallest absolute Gasteiger partial charge is 0.218 e. The van der Waals surface area contributed by atoms with Gasteiger partial charge in [-0.2, -0.15) is 4.39 Å². The first-order chi connectivity index (χ1) is 4.74. The maximum atomic E-state index is 12.7. The van der Waals surface area contributed by atoms with Gasteiger partial charge in [-0.05, 0) is 28.7 Å². The van der Waals surface area contributed by atoms with E-state index in [4.69, 9.17) is 5.73 Å². The topological polar surface area (TPSA) is 38.9 Å². The molecule has 0 atom stereocenters. The molecular formula is C6H6FIN2. The summed E-state index contributed by atoms with van der Waals surface area (Å²) in [4.78, 5) is 3.58. The van der Waals surface area contributed by atoms with Crippen molar-refractivity contribution >= 4 is 22.6 Å². The molecule has 1 heterocycles. The van der Waals surface area contributed by atoms with E-state index in [-0.39, 0.29) is 6.54 Å². The lowest BCUT2D eigenvalue weighted by Gasteiger charge is -1.96. The van der Waals surface area contributed by atoms with Gasteiger partial charge in [-0.1, -0.05) is 6.07 Å². The Bertz CT molecular complexity index is 239. The van der Waals surface area contributed by atoms with Crippen LogP contribution in [0.4, 0.5) is 4.39 Å². The van der Waals surface area contributed by atoms with E-state index in [2.05, 4.69) is 4.98 Å². The molecule has 0 fully saturated rings. The molecule has 0 aliphatic carbocycles. The van der Waals surface area contributed by atoms with Crippen molar-refractivity contribution in [2.24, 2.45) is 5.73 Å². The number of hydrogen-bond donors (Lipinski definition) is 1. The van der Waals surface area contributed by atoms with E-state index in [9.17, 15) is 4.39 Å². The van der Waals surface area contributed by atoms with Gasteiger partial charge in [0.2, 0.25) is 5.95 Å². The summed E-state index contributed by atoms with van der Waals surface area (Å²) in [6.07, 6.45) is 0. The van der Waals surface area contributed by atoms with Crippen LogP contribution in [0.2, 0.25) is 0 Å². The van der Waals surface area contributed by atoms with Crippen LogP contribution in [0.3, 0.4) is 0 Å². The van der Waals surface area contributed by atoms with E-state index < -0.39 is 5.95 Å². The van der Waals surface area contributed by atoms with Crippen molar-refractivity contribution in [1.29, 1.82) is 0 Å². The van der Waals surface area contributed by atoms with Gasteiger partial charge in [0.25, 0.3) is 0 Å². The fourth-order valence-corrected chi connectivity index (χ4v) is 0.985. The van der Waals surface area contributed by atoms with Crippen molar-refractivity contribution in [3.8, 4) is 0 Å². The van der Waals surface area contributed by atoms with E-state index >= 15 is 0 Å². The maximum Gasteiger partial charge on any atom is 0.218 e. The highest BCUT2D eigenvalue weighted by molar-refractivity contribution is 14.1. The van der Waals surface area contributed by atoms with E-state index in [0.717, 1.165) is 0 Å². The Hall–Kier alpha value is -0.230. The zero-order chi connectivity index (χ0) is 7.56. The van der Waals surface area contributed by atoms with Gasteiger partial charge in [0.05, 0.1) is 0 Å². The monoisotopic (exact) mass is 252 g/mol. The van der Waals surface area contributed by atoms with Gasteiger partial charge in [-0.25, -0.2) is 4.98 Å². The molecule has 0 spiro atoms. The van der Waals surface area contributed by atoms with Crippen molar-refractivity contribution in [2.45, 2.75) is 6.54 Å². The van der Waals surface area contributed by atoms with E-state index in [1.165, 1.54) is 0 Å². The number of nitrogens with two attached hydrogens (primary N) is 1. The van der Waals surface area contributed by atoms with Gasteiger partial charge in [0.15, 0.2) is 0 Å². The van der Waals surface area contributed by atoms with Crippen molar-refractivity contribution in [2.75, 3.05) is 0 Å². The van der Waals surface area contributed by atoms with Crippen molar-refractivity contribution in [1.82, 2.24) is 4.98 Å². The van der Waals surface area contributed by atoms with Crippen molar-refractivity contribution in [3.63, 3.8) is 0 Å². The molecule has 0 saturated heterocycles. The van der Waals surface area contributed by atoms with Crippen LogP contribution in [-0.2, 0) is 6.54 Å². The Morgan fingerprint density at radius 1 is 1.60 bits per heavy atom. The number of halogens is 2. The van der Waals surface area contributed by atoms with Gasteiger partial charge >= 0.3 is 0 Å². The minimum absolute atomic E-state index is 0.204. The van der Waals surface area contributed by atoms with Crippen LogP contribution in [0.5, 0.6) is 0 Å². The minimum Gasteiger partial charge on any atom is -0.326 e. The van der Waals surface area contributed by atoms with E-state index in [0.29, 0.717) is 9.26 Å². The zero-order valence-corrected chi connectivity index (χ0v) is 7.30. The number of pyridine rings is 1. The van der Waals surface area contributed by atoms with Crippen LogP contribution in [0, 0.1) is 9.65 Å². The van der Waals surface area contributed by atoms with Gasteiger partial charge in [-0.3, -0.25) is 0 Å². The SMILES string of the molecule is NCc1ccc(I)nc1F. The molecular weight excluding hydrogens is 246 g/mol. The number of nitrogens with zero attached hydrogens (tertiary/aromatic N) is 1. The van der Waals surface area contributed by atoms with Gasteiger partial charge in [0, 0.05) is 12.1 Å². The third-order valence-corrected chi connectivity index (χ3v) is 1.71. The standard InChI is InChI=1S/C6H6FIN2/c7-6-4(3-9)1-2-5(8)10-6/h1-2H,3,9H2. The Morgan fingerprint density at radius 3 is 2.80 bits per heavy atom. The lowest BCUT2D eigenvalue weighted by molar-refractivity contribution is 0.564. The summed E-state index contributed by atoms with van der Waals surface area (Å²) in [7, 11) is 0. The number of rotatable bonds is 1. The summed E-state index contributed by atoms with van der Waals surface area (Å²) in [6.45, 7) is 0.204. The third-order valence-electron chi connectivity index (χ3n) is 1.11. The van der Waals surface area contributed by atoms with E-state index in [1.54, 1.807) is 12.1 Å². The minimum atomic E-state index is -0.464. The average Bonchev–Trinajstić information content (AvgIpc) is 1.88. The second-order valence-corrected chi connectivity index (χ2v) is 2.89. The number of aromatic nitrogens is 1. The summed E-state index contributed by atoms with van der Waals surface area (Å²) >= 11 is 1.95. The molecule has 4 heteroatoms. The first-order valence-corrected chi connectivity index (χ1v) is 3.83. The third kappa shape index (κ3) is 1.63. The summed E-state index contributed by atoms with van der Waals surface area (Å²) in [5.74, 6) is -0.464. The van der Waals surface area contributed by atoms with Gasteiger partial charge in [-0.15, -0.1) is 0 Å². The molecule has 2 N–H and O–H groups in total. The Balaban J connectivity index is 3.07. The van der Waals surface area contributed by atoms with Crippen LogP contribution in [0.1, 0.15) is 5.56 Å². The summed E-state index contributed by atoms with van der Waals surface area (Å²) in [6, 6.07) is 3.37. The van der Waals surface area contributed by atoms with Crippen LogP contribution in [0.25, 0.3) is 0 Å². The first-order valence-electron chi connectivity index (χ1n) is 2.75. The predicted molar refractivity (Wildman–Crippen MR) is 44.8 cm³/mol. The fourth-order valence-electron chi connectivity index (χ4n) is 0.593. The maximum absolute atomic E-state index is 12.7. The Kier molecular flexibility index (Phi) is 2.56. The summed E-state index contributed by atoms with van der Waals surface area (Å²) < 4.78 is 13.3. The molecule has 0 aromatic carbocycles. The zero-order valence-electron chi connectivity index (χ0n) is 5.14. The molecule has 10 heavy (non-hydrogen) atoms. The normalized spacial score (nSPS) is 9.90. The fraction of sp³-hybridized carbons (Fsp3) is 0.167. The molecule has 0 radical (unpaired) electrons. The largest absolute Gasteiger partial charge is 0.326 e. The van der Waals surface area contributed by atoms with Crippen LogP contribution < -0.4 is 5.73 Å². The average molecular weight is 252 g/mol. The molecule has 0 bridgehead atoms. The van der Waals surface area contributed by atoms with Gasteiger partial charge < -0.3 is 5.73 Å². The molecule has 0 unspecified atom stereocenters. The molecule has 0 saturated carbocycles. The highest BCUT2D eigenvalue weighted by Gasteiger charge is 2.00. The highest BCUT2D eigenvalue weighted by Crippen LogP contribution is 2.06. The molecule has 54 valence electrons. The second kappa shape index (κ2) is 3.25. The predicted octanol–water partition coefficient (Wildman–Crippen LogP) is 1.28. The highest BCUT2D eigenvalue weighted by atomic mass is 127. The molecule has 0 amide bonds. The molecule has 1 aromatic heterocycles. The summed E-state index contributed by atoms with van der Waals surface area (Å²) in [5.41, 5.74) is 5.68. The van der Waals surface area contributed by atoms with Crippen molar-refractivity contribution < 1.29 is 4.39 Å². The van der Waals surface area contributed by atoms with Crippen LogP contribution in [-0.4, -0.2) is 4.98 Å². The first kappa shape index (κ1) is 7.87. The van der Waals surface area contributed by atoms with Crippen molar-refractivity contribution in [3.05, 3.63) is 27.3 Å². The number of hydrogen-bond acceptors (Lipinski definition) is 2. The van der Waals surface area contributed by atoms with Gasteiger partial charge in [0.1, 0.15) is 3.70 Å². The lowest BCUT2D eigenvalue weighted by atomic mass is 10.3. The van der Waals surface area contributed by atoms with Crippen LogP contribution >= 0.6 is 22.6 Å². The van der Waals surface area contributed by atoms with Crippen LogP contribution in [0.15, 0.2) is 12.1 Å². The second-order valence-electron chi connectivity index (χ2n) is 1.79.